The maximum absolute atomic E-state index is 12.5. The summed E-state index contributed by atoms with van der Waals surface area (Å²) in [6, 6.07) is -0.121. The Hall–Kier alpha value is -1.20. The van der Waals surface area contributed by atoms with E-state index in [1.807, 2.05) is 0 Å². The molecule has 19 heavy (non-hydrogen) atoms. The molecule has 2 amide bonds. The Morgan fingerprint density at radius 2 is 2.05 bits per heavy atom. The molecule has 0 aromatic rings. The molecule has 1 saturated heterocycles. The summed E-state index contributed by atoms with van der Waals surface area (Å²) in [4.78, 5) is 15.5. The van der Waals surface area contributed by atoms with Crippen molar-refractivity contribution in [3.8, 4) is 0 Å². The quantitative estimate of drug-likeness (QED) is 0.624. The van der Waals surface area contributed by atoms with Crippen LogP contribution in [0.1, 0.15) is 26.2 Å². The second kappa shape index (κ2) is 5.43. The fourth-order valence-corrected chi connectivity index (χ4v) is 2.66. The summed E-state index contributed by atoms with van der Waals surface area (Å²) in [5.41, 5.74) is -0.511. The van der Waals surface area contributed by atoms with Crippen LogP contribution in [-0.4, -0.2) is 48.2 Å². The minimum Gasteiger partial charge on any atom is -0.324 e. The lowest BCUT2D eigenvalue weighted by molar-refractivity contribution is -0.0957. The van der Waals surface area contributed by atoms with Gasteiger partial charge in [0.2, 0.25) is 0 Å². The zero-order chi connectivity index (χ0) is 14.0. The van der Waals surface area contributed by atoms with E-state index in [1.165, 1.54) is 4.90 Å². The summed E-state index contributed by atoms with van der Waals surface area (Å²) >= 11 is 0. The topological polar surface area (TPSA) is 23.6 Å². The molecule has 2 rings (SSSR count). The molecule has 0 radical (unpaired) electrons. The molecule has 0 aliphatic carbocycles. The summed E-state index contributed by atoms with van der Waals surface area (Å²) < 4.78 is 37.5. The Morgan fingerprint density at radius 3 is 2.58 bits per heavy atom. The molecule has 2 aliphatic heterocycles. The molecule has 1 atom stereocenters. The monoisotopic (exact) mass is 276 g/mol. The number of urea groups is 1. The van der Waals surface area contributed by atoms with Crippen molar-refractivity contribution in [3.05, 3.63) is 11.6 Å². The number of hydrogen-bond donors (Lipinski definition) is 0. The number of piperidine rings is 1. The van der Waals surface area contributed by atoms with Crippen molar-refractivity contribution in [2.24, 2.45) is 5.92 Å². The molecule has 0 saturated carbocycles. The van der Waals surface area contributed by atoms with Gasteiger partial charge in [0.05, 0.1) is 0 Å². The highest BCUT2D eigenvalue weighted by Crippen LogP contribution is 2.30. The molecular formula is C13H19F3N2O. The van der Waals surface area contributed by atoms with Crippen LogP contribution in [0.4, 0.5) is 18.0 Å². The SMILES string of the molecule is CC1CCCN(C(=O)N2CC=C(C(F)(F)F)CC2)C1. The van der Waals surface area contributed by atoms with Crippen molar-refractivity contribution in [3.63, 3.8) is 0 Å². The van der Waals surface area contributed by atoms with Gasteiger partial charge in [0.1, 0.15) is 0 Å². The van der Waals surface area contributed by atoms with Gasteiger partial charge < -0.3 is 9.80 Å². The first-order valence-electron chi connectivity index (χ1n) is 6.68. The molecule has 0 aromatic carbocycles. The molecule has 0 spiro atoms. The van der Waals surface area contributed by atoms with Gasteiger partial charge >= 0.3 is 12.2 Å². The smallest absolute Gasteiger partial charge is 0.324 e. The van der Waals surface area contributed by atoms with Crippen LogP contribution in [0.25, 0.3) is 0 Å². The Kier molecular flexibility index (Phi) is 4.06. The lowest BCUT2D eigenvalue weighted by Crippen LogP contribution is -2.48. The normalized spacial score (nSPS) is 25.3. The number of amides is 2. The Morgan fingerprint density at radius 1 is 1.32 bits per heavy atom. The van der Waals surface area contributed by atoms with Crippen molar-refractivity contribution >= 4 is 6.03 Å². The number of hydrogen-bond acceptors (Lipinski definition) is 1. The van der Waals surface area contributed by atoms with Crippen LogP contribution >= 0.6 is 0 Å². The number of alkyl halides is 3. The van der Waals surface area contributed by atoms with E-state index in [4.69, 9.17) is 0 Å². The van der Waals surface area contributed by atoms with Crippen LogP contribution < -0.4 is 0 Å². The van der Waals surface area contributed by atoms with Crippen molar-refractivity contribution in [1.29, 1.82) is 0 Å². The zero-order valence-corrected chi connectivity index (χ0v) is 11.0. The maximum atomic E-state index is 12.5. The molecule has 1 unspecified atom stereocenters. The average molecular weight is 276 g/mol. The van der Waals surface area contributed by atoms with E-state index < -0.39 is 11.7 Å². The minimum atomic E-state index is -4.26. The summed E-state index contributed by atoms with van der Waals surface area (Å²) in [5, 5.41) is 0. The van der Waals surface area contributed by atoms with Gasteiger partial charge in [-0.25, -0.2) is 4.79 Å². The Balaban J connectivity index is 1.94. The second-order valence-electron chi connectivity index (χ2n) is 5.40. The molecule has 0 N–H and O–H groups in total. The number of nitrogens with zero attached hydrogens (tertiary/aromatic N) is 2. The molecular weight excluding hydrogens is 257 g/mol. The van der Waals surface area contributed by atoms with Crippen LogP contribution in [-0.2, 0) is 0 Å². The molecule has 2 aliphatic rings. The van der Waals surface area contributed by atoms with Gasteiger partial charge in [-0.1, -0.05) is 13.0 Å². The molecule has 108 valence electrons. The Bertz CT molecular complexity index is 379. The van der Waals surface area contributed by atoms with Crippen molar-refractivity contribution in [1.82, 2.24) is 9.80 Å². The highest BCUT2D eigenvalue weighted by atomic mass is 19.4. The van der Waals surface area contributed by atoms with Gasteiger partial charge in [-0.2, -0.15) is 13.2 Å². The molecule has 2 heterocycles. The molecule has 0 bridgehead atoms. The number of carbonyl (C=O) groups excluding carboxylic acids is 1. The van der Waals surface area contributed by atoms with Crippen LogP contribution in [0, 0.1) is 5.92 Å². The summed E-state index contributed by atoms with van der Waals surface area (Å²) in [6.07, 6.45) is -1.13. The van der Waals surface area contributed by atoms with Crippen LogP contribution in [0.15, 0.2) is 11.6 Å². The van der Waals surface area contributed by atoms with E-state index in [2.05, 4.69) is 6.92 Å². The fraction of sp³-hybridized carbons (Fsp3) is 0.769. The second-order valence-corrected chi connectivity index (χ2v) is 5.40. The standard InChI is InChI=1S/C13H19F3N2O/c1-10-3-2-6-18(9-10)12(19)17-7-4-11(5-8-17)13(14,15)16/h4,10H,2-3,5-9H2,1H3. The maximum Gasteiger partial charge on any atom is 0.412 e. The van der Waals surface area contributed by atoms with Crippen molar-refractivity contribution in [2.75, 3.05) is 26.2 Å². The fourth-order valence-electron chi connectivity index (χ4n) is 2.66. The van der Waals surface area contributed by atoms with Crippen LogP contribution in [0.2, 0.25) is 0 Å². The lowest BCUT2D eigenvalue weighted by atomic mass is 10.0. The predicted octanol–water partition coefficient (Wildman–Crippen LogP) is 3.03. The first-order chi connectivity index (χ1) is 8.88. The first-order valence-corrected chi connectivity index (χ1v) is 6.68. The molecule has 6 heteroatoms. The predicted molar refractivity (Wildman–Crippen MR) is 65.7 cm³/mol. The van der Waals surface area contributed by atoms with E-state index >= 15 is 0 Å². The third-order valence-electron chi connectivity index (χ3n) is 3.77. The van der Waals surface area contributed by atoms with Crippen molar-refractivity contribution in [2.45, 2.75) is 32.4 Å². The van der Waals surface area contributed by atoms with Crippen LogP contribution in [0.3, 0.4) is 0 Å². The molecule has 1 fully saturated rings. The van der Waals surface area contributed by atoms with Gasteiger partial charge in [0, 0.05) is 31.8 Å². The summed E-state index contributed by atoms with van der Waals surface area (Å²) in [7, 11) is 0. The number of likely N-dealkylation sites (tertiary alicyclic amines) is 1. The third-order valence-corrected chi connectivity index (χ3v) is 3.77. The van der Waals surface area contributed by atoms with E-state index in [0.717, 1.165) is 25.5 Å². The molecule has 0 aromatic heterocycles. The summed E-state index contributed by atoms with van der Waals surface area (Å²) in [6.45, 7) is 3.76. The van der Waals surface area contributed by atoms with Gasteiger partial charge in [-0.3, -0.25) is 0 Å². The van der Waals surface area contributed by atoms with Crippen molar-refractivity contribution < 1.29 is 18.0 Å². The first kappa shape index (κ1) is 14.2. The van der Waals surface area contributed by atoms with E-state index in [1.54, 1.807) is 4.90 Å². The van der Waals surface area contributed by atoms with E-state index in [9.17, 15) is 18.0 Å². The minimum absolute atomic E-state index is 0.0680. The number of rotatable bonds is 0. The lowest BCUT2D eigenvalue weighted by Gasteiger charge is -2.36. The number of carbonyl (C=O) groups is 1. The zero-order valence-electron chi connectivity index (χ0n) is 11.0. The van der Waals surface area contributed by atoms with Gasteiger partial charge in [-0.15, -0.1) is 0 Å². The number of halogens is 3. The largest absolute Gasteiger partial charge is 0.412 e. The van der Waals surface area contributed by atoms with E-state index in [-0.39, 0.29) is 25.5 Å². The average Bonchev–Trinajstić information content (AvgIpc) is 2.37. The highest BCUT2D eigenvalue weighted by Gasteiger charge is 2.36. The third kappa shape index (κ3) is 3.42. The summed E-state index contributed by atoms with van der Waals surface area (Å²) in [5.74, 6) is 0.476. The van der Waals surface area contributed by atoms with Gasteiger partial charge in [-0.05, 0) is 25.2 Å². The Labute approximate surface area is 111 Å². The van der Waals surface area contributed by atoms with Gasteiger partial charge in [0.25, 0.3) is 0 Å². The molecule has 3 nitrogen and oxygen atoms in total. The van der Waals surface area contributed by atoms with Gasteiger partial charge in [0.15, 0.2) is 0 Å². The van der Waals surface area contributed by atoms with E-state index in [0.29, 0.717) is 12.5 Å². The van der Waals surface area contributed by atoms with Crippen LogP contribution in [0.5, 0.6) is 0 Å². The highest BCUT2D eigenvalue weighted by molar-refractivity contribution is 5.75.